The molecule has 0 saturated carbocycles. The Morgan fingerprint density at radius 1 is 1.09 bits per heavy atom. The number of hydrogen-bond acceptors (Lipinski definition) is 5. The van der Waals surface area contributed by atoms with Gasteiger partial charge < -0.3 is 5.32 Å². The van der Waals surface area contributed by atoms with Crippen LogP contribution in [-0.2, 0) is 12.3 Å². The van der Waals surface area contributed by atoms with Gasteiger partial charge in [0.25, 0.3) is 0 Å². The van der Waals surface area contributed by atoms with Gasteiger partial charge in [0.05, 0.1) is 0 Å². The molecule has 0 saturated heterocycles. The third-order valence-corrected chi connectivity index (χ3v) is 5.36. The summed E-state index contributed by atoms with van der Waals surface area (Å²) in [7, 11) is 0. The van der Waals surface area contributed by atoms with Gasteiger partial charge in [0, 0.05) is 17.9 Å². The summed E-state index contributed by atoms with van der Waals surface area (Å²) in [6.07, 6.45) is 0. The maximum Gasteiger partial charge on any atom is 0.206 e. The lowest BCUT2D eigenvalue weighted by Gasteiger charge is -2.03. The van der Waals surface area contributed by atoms with Crippen molar-refractivity contribution in [3.8, 4) is 0 Å². The van der Waals surface area contributed by atoms with E-state index in [0.717, 1.165) is 10.1 Å². The highest BCUT2D eigenvalue weighted by Gasteiger charge is 2.06. The number of halogens is 1. The first-order valence-electron chi connectivity index (χ1n) is 7.20. The van der Waals surface area contributed by atoms with Gasteiger partial charge in [-0.25, -0.2) is 4.39 Å². The summed E-state index contributed by atoms with van der Waals surface area (Å²) in [6.45, 7) is 2.49. The fourth-order valence-electron chi connectivity index (χ4n) is 1.98. The molecule has 23 heavy (non-hydrogen) atoms. The van der Waals surface area contributed by atoms with E-state index < -0.39 is 0 Å². The molecular weight excluding hydrogens is 329 g/mol. The largest absolute Gasteiger partial charge is 0.356 e. The summed E-state index contributed by atoms with van der Waals surface area (Å²) in [5.41, 5.74) is 3.14. The minimum atomic E-state index is -0.210. The Labute approximate surface area is 143 Å². The van der Waals surface area contributed by atoms with Crippen molar-refractivity contribution in [3.63, 3.8) is 0 Å². The van der Waals surface area contributed by atoms with Crippen LogP contribution >= 0.6 is 23.1 Å². The van der Waals surface area contributed by atoms with Gasteiger partial charge in [-0.3, -0.25) is 0 Å². The lowest BCUT2D eigenvalue weighted by Crippen LogP contribution is -2.01. The van der Waals surface area contributed by atoms with Gasteiger partial charge in [-0.15, -0.1) is 10.2 Å². The number of aryl methyl sites for hydroxylation is 1. The number of rotatable bonds is 6. The topological polar surface area (TPSA) is 37.8 Å². The minimum absolute atomic E-state index is 0.210. The molecule has 118 valence electrons. The Morgan fingerprint density at radius 2 is 1.87 bits per heavy atom. The Morgan fingerprint density at radius 3 is 2.65 bits per heavy atom. The molecule has 0 aliphatic rings. The van der Waals surface area contributed by atoms with Crippen molar-refractivity contribution in [2.45, 2.75) is 23.6 Å². The van der Waals surface area contributed by atoms with Crippen molar-refractivity contribution in [2.24, 2.45) is 0 Å². The van der Waals surface area contributed by atoms with Crippen LogP contribution in [0, 0.1) is 12.7 Å². The molecule has 1 aromatic heterocycles. The van der Waals surface area contributed by atoms with E-state index in [-0.39, 0.29) is 5.82 Å². The van der Waals surface area contributed by atoms with Crippen molar-refractivity contribution in [2.75, 3.05) is 5.32 Å². The number of nitrogens with one attached hydrogen (secondary N) is 1. The Hall–Kier alpha value is -1.92. The first-order chi connectivity index (χ1) is 11.2. The maximum absolute atomic E-state index is 13.6. The smallest absolute Gasteiger partial charge is 0.206 e. The van der Waals surface area contributed by atoms with Gasteiger partial charge in [-0.2, -0.15) is 0 Å². The number of thioether (sulfide) groups is 1. The Balaban J connectivity index is 1.53. The molecule has 0 unspecified atom stereocenters. The van der Waals surface area contributed by atoms with Crippen LogP contribution in [0.15, 0.2) is 52.9 Å². The van der Waals surface area contributed by atoms with Crippen molar-refractivity contribution in [1.29, 1.82) is 0 Å². The van der Waals surface area contributed by atoms with Crippen LogP contribution in [0.4, 0.5) is 9.52 Å². The fraction of sp³-hybridized carbons (Fsp3) is 0.176. The van der Waals surface area contributed by atoms with Gasteiger partial charge in [0.2, 0.25) is 5.13 Å². The molecule has 0 bridgehead atoms. The van der Waals surface area contributed by atoms with Gasteiger partial charge in [-0.1, -0.05) is 71.1 Å². The van der Waals surface area contributed by atoms with E-state index >= 15 is 0 Å². The van der Waals surface area contributed by atoms with Crippen LogP contribution in [0.3, 0.4) is 0 Å². The molecule has 0 radical (unpaired) electrons. The molecule has 1 N–H and O–H groups in total. The second kappa shape index (κ2) is 7.57. The van der Waals surface area contributed by atoms with Crippen LogP contribution in [0.2, 0.25) is 0 Å². The molecule has 0 atom stereocenters. The molecule has 0 amide bonds. The van der Waals surface area contributed by atoms with Gasteiger partial charge >= 0.3 is 0 Å². The summed E-state index contributed by atoms with van der Waals surface area (Å²) in [5, 5.41) is 12.1. The third-order valence-electron chi connectivity index (χ3n) is 3.28. The van der Waals surface area contributed by atoms with Crippen LogP contribution in [0.1, 0.15) is 16.7 Å². The highest BCUT2D eigenvalue weighted by Crippen LogP contribution is 2.28. The fourth-order valence-corrected chi connectivity index (χ4v) is 3.68. The quantitative estimate of drug-likeness (QED) is 0.646. The zero-order valence-electron chi connectivity index (χ0n) is 12.6. The van der Waals surface area contributed by atoms with Gasteiger partial charge in [-0.05, 0) is 18.6 Å². The van der Waals surface area contributed by atoms with E-state index in [2.05, 4.69) is 46.7 Å². The van der Waals surface area contributed by atoms with E-state index in [1.807, 2.05) is 6.07 Å². The highest BCUT2D eigenvalue weighted by atomic mass is 32.2. The second-order valence-electron chi connectivity index (χ2n) is 5.09. The number of benzene rings is 2. The average molecular weight is 345 g/mol. The summed E-state index contributed by atoms with van der Waals surface area (Å²) in [6, 6.07) is 15.2. The summed E-state index contributed by atoms with van der Waals surface area (Å²) < 4.78 is 14.5. The molecule has 0 aliphatic heterocycles. The summed E-state index contributed by atoms with van der Waals surface area (Å²) in [5.74, 6) is 0.654. The van der Waals surface area contributed by atoms with E-state index in [0.29, 0.717) is 17.2 Å². The molecule has 3 rings (SSSR count). The van der Waals surface area contributed by atoms with Gasteiger partial charge in [0.15, 0.2) is 4.34 Å². The van der Waals surface area contributed by atoms with Crippen molar-refractivity contribution in [3.05, 3.63) is 71.0 Å². The van der Waals surface area contributed by atoms with Gasteiger partial charge in [0.1, 0.15) is 5.82 Å². The molecule has 1 heterocycles. The van der Waals surface area contributed by atoms with E-state index in [4.69, 9.17) is 0 Å². The zero-order chi connectivity index (χ0) is 16.1. The van der Waals surface area contributed by atoms with Crippen molar-refractivity contribution in [1.82, 2.24) is 10.2 Å². The van der Waals surface area contributed by atoms with E-state index in [9.17, 15) is 4.39 Å². The number of anilines is 1. The first kappa shape index (κ1) is 16.0. The van der Waals surface area contributed by atoms with Crippen LogP contribution in [0.25, 0.3) is 0 Å². The summed E-state index contributed by atoms with van der Waals surface area (Å²) >= 11 is 3.14. The number of hydrogen-bond donors (Lipinski definition) is 1. The van der Waals surface area contributed by atoms with E-state index in [1.54, 1.807) is 23.9 Å². The standard InChI is InChI=1S/C17H16FN3S2/c1-12-6-8-13(9-7-12)11-22-17-21-20-16(23-17)19-10-14-4-2-3-5-15(14)18/h2-9H,10-11H2,1H3,(H,19,20). The van der Waals surface area contributed by atoms with E-state index in [1.165, 1.54) is 28.5 Å². The lowest BCUT2D eigenvalue weighted by atomic mass is 10.2. The monoisotopic (exact) mass is 345 g/mol. The molecule has 0 aliphatic carbocycles. The molecule has 2 aromatic carbocycles. The normalized spacial score (nSPS) is 10.7. The van der Waals surface area contributed by atoms with Crippen molar-refractivity contribution >= 4 is 28.2 Å². The highest BCUT2D eigenvalue weighted by molar-refractivity contribution is 8.00. The second-order valence-corrected chi connectivity index (χ2v) is 7.29. The molecule has 0 spiro atoms. The zero-order valence-corrected chi connectivity index (χ0v) is 14.3. The molecule has 6 heteroatoms. The molecule has 0 fully saturated rings. The molecule has 3 aromatic rings. The minimum Gasteiger partial charge on any atom is -0.356 e. The Kier molecular flexibility index (Phi) is 5.25. The Bertz CT molecular complexity index is 772. The van der Waals surface area contributed by atoms with Crippen LogP contribution in [-0.4, -0.2) is 10.2 Å². The first-order valence-corrected chi connectivity index (χ1v) is 9.00. The number of aromatic nitrogens is 2. The van der Waals surface area contributed by atoms with Crippen LogP contribution < -0.4 is 5.32 Å². The molecule has 3 nitrogen and oxygen atoms in total. The van der Waals surface area contributed by atoms with Crippen molar-refractivity contribution < 1.29 is 4.39 Å². The predicted molar refractivity (Wildman–Crippen MR) is 94.4 cm³/mol. The SMILES string of the molecule is Cc1ccc(CSc2nnc(NCc3ccccc3F)s2)cc1. The van der Waals surface area contributed by atoms with Crippen LogP contribution in [0.5, 0.6) is 0 Å². The maximum atomic E-state index is 13.6. The average Bonchev–Trinajstić information content (AvgIpc) is 3.02. The predicted octanol–water partition coefficient (Wildman–Crippen LogP) is 4.89. The molecular formula is C17H16FN3S2. The number of nitrogens with zero attached hydrogens (tertiary/aromatic N) is 2. The lowest BCUT2D eigenvalue weighted by molar-refractivity contribution is 0.613. The third kappa shape index (κ3) is 4.53. The summed E-state index contributed by atoms with van der Waals surface area (Å²) in [4.78, 5) is 0.